The van der Waals surface area contributed by atoms with Crippen LogP contribution >= 0.6 is 11.8 Å². The van der Waals surface area contributed by atoms with Gasteiger partial charge >= 0.3 is 0 Å². The van der Waals surface area contributed by atoms with Gasteiger partial charge in [-0.2, -0.15) is 4.68 Å². The maximum atomic E-state index is 5.62. The molecule has 4 aromatic rings. The van der Waals surface area contributed by atoms with Gasteiger partial charge in [0, 0.05) is 6.04 Å². The lowest BCUT2D eigenvalue weighted by Crippen LogP contribution is -2.15. The number of furan rings is 1. The number of rotatable bonds is 6. The number of hydrogen-bond donors (Lipinski definition) is 0. The van der Waals surface area contributed by atoms with Crippen molar-refractivity contribution in [2.45, 2.75) is 49.1 Å². The highest BCUT2D eigenvalue weighted by molar-refractivity contribution is 7.98. The molecule has 0 saturated heterocycles. The molecule has 0 N–H and O–H groups in total. The van der Waals surface area contributed by atoms with E-state index < -0.39 is 0 Å². The molecule has 5 rings (SSSR count). The zero-order valence-electron chi connectivity index (χ0n) is 15.9. The van der Waals surface area contributed by atoms with Crippen molar-refractivity contribution in [3.63, 3.8) is 0 Å². The van der Waals surface area contributed by atoms with Crippen LogP contribution in [0.2, 0.25) is 0 Å². The van der Waals surface area contributed by atoms with Crippen molar-refractivity contribution >= 4 is 11.8 Å². The molecular weight excluding hydrogens is 386 g/mol. The average molecular weight is 408 g/mol. The van der Waals surface area contributed by atoms with Crippen molar-refractivity contribution in [3.05, 3.63) is 54.6 Å². The summed E-state index contributed by atoms with van der Waals surface area (Å²) in [6.45, 7) is 0. The summed E-state index contributed by atoms with van der Waals surface area (Å²) in [6.07, 6.45) is 7.72. The number of thioether (sulfide) groups is 1. The normalized spacial score (nSPS) is 15.0. The number of hydrogen-bond acceptors (Lipinski definition) is 7. The summed E-state index contributed by atoms with van der Waals surface area (Å²) in [5, 5.41) is 22.0. The highest BCUT2D eigenvalue weighted by Crippen LogP contribution is 2.36. The minimum atomic E-state index is 0.395. The van der Waals surface area contributed by atoms with Gasteiger partial charge in [-0.05, 0) is 47.5 Å². The summed E-state index contributed by atoms with van der Waals surface area (Å²) in [5.74, 6) is 2.93. The monoisotopic (exact) mass is 407 g/mol. The Hall–Kier alpha value is -2.94. The van der Waals surface area contributed by atoms with Gasteiger partial charge in [-0.25, -0.2) is 0 Å². The Morgan fingerprint density at radius 1 is 0.966 bits per heavy atom. The summed E-state index contributed by atoms with van der Waals surface area (Å²) in [7, 11) is 0. The van der Waals surface area contributed by atoms with E-state index in [2.05, 4.69) is 30.3 Å². The maximum absolute atomic E-state index is 5.62. The summed E-state index contributed by atoms with van der Waals surface area (Å²) in [4.78, 5) is 0. The van der Waals surface area contributed by atoms with Crippen LogP contribution in [0.5, 0.6) is 0 Å². The molecule has 0 aliphatic heterocycles. The van der Waals surface area contributed by atoms with Crippen molar-refractivity contribution in [1.29, 1.82) is 0 Å². The third kappa shape index (κ3) is 3.69. The van der Waals surface area contributed by atoms with Crippen LogP contribution in [0.15, 0.2) is 58.3 Å². The third-order valence-electron chi connectivity index (χ3n) is 5.21. The molecule has 0 radical (unpaired) electrons. The third-order valence-corrected chi connectivity index (χ3v) is 6.15. The zero-order chi connectivity index (χ0) is 19.5. The number of tetrazole rings is 1. The number of benzene rings is 1. The fraction of sp³-hybridized carbons (Fsp3) is 0.350. The van der Waals surface area contributed by atoms with Crippen molar-refractivity contribution < 1.29 is 4.42 Å². The van der Waals surface area contributed by atoms with E-state index in [-0.39, 0.29) is 0 Å². The Kier molecular flexibility index (Phi) is 5.12. The molecule has 0 atom stereocenters. The lowest BCUT2D eigenvalue weighted by molar-refractivity contribution is 0.337. The molecule has 3 heterocycles. The van der Waals surface area contributed by atoms with E-state index in [1.165, 1.54) is 19.3 Å². The second kappa shape index (κ2) is 8.20. The van der Waals surface area contributed by atoms with Gasteiger partial charge in [-0.1, -0.05) is 49.2 Å². The lowest BCUT2D eigenvalue weighted by atomic mass is 9.95. The number of para-hydroxylation sites is 1. The first-order valence-electron chi connectivity index (χ1n) is 9.84. The largest absolute Gasteiger partial charge is 0.461 e. The summed E-state index contributed by atoms with van der Waals surface area (Å²) >= 11 is 1.61. The van der Waals surface area contributed by atoms with E-state index in [9.17, 15) is 0 Å². The van der Waals surface area contributed by atoms with Crippen LogP contribution in [0.1, 0.15) is 44.0 Å². The molecule has 3 aromatic heterocycles. The van der Waals surface area contributed by atoms with E-state index in [1.807, 2.05) is 42.5 Å². The van der Waals surface area contributed by atoms with Gasteiger partial charge in [0.15, 0.2) is 16.7 Å². The molecule has 0 amide bonds. The molecule has 1 aromatic carbocycles. The molecule has 29 heavy (non-hydrogen) atoms. The SMILES string of the molecule is c1ccc(-n2nnnc2CSc2nnc(-c3ccco3)n2C2CCCCC2)cc1. The molecule has 0 unspecified atom stereocenters. The Bertz CT molecular complexity index is 1050. The van der Waals surface area contributed by atoms with E-state index in [0.717, 1.165) is 41.1 Å². The fourth-order valence-electron chi connectivity index (χ4n) is 3.81. The van der Waals surface area contributed by atoms with Crippen molar-refractivity contribution in [1.82, 2.24) is 35.0 Å². The minimum Gasteiger partial charge on any atom is -0.461 e. The predicted molar refractivity (Wildman–Crippen MR) is 109 cm³/mol. The first-order chi connectivity index (χ1) is 14.4. The van der Waals surface area contributed by atoms with Crippen LogP contribution in [0.25, 0.3) is 17.3 Å². The van der Waals surface area contributed by atoms with Gasteiger partial charge in [-0.15, -0.1) is 15.3 Å². The van der Waals surface area contributed by atoms with E-state index in [1.54, 1.807) is 22.7 Å². The van der Waals surface area contributed by atoms with Crippen LogP contribution in [0, 0.1) is 0 Å². The minimum absolute atomic E-state index is 0.395. The molecule has 0 bridgehead atoms. The Morgan fingerprint density at radius 3 is 2.62 bits per heavy atom. The highest BCUT2D eigenvalue weighted by atomic mass is 32.2. The highest BCUT2D eigenvalue weighted by Gasteiger charge is 2.25. The van der Waals surface area contributed by atoms with Crippen LogP contribution in [0.4, 0.5) is 0 Å². The van der Waals surface area contributed by atoms with Crippen LogP contribution < -0.4 is 0 Å². The molecule has 8 nitrogen and oxygen atoms in total. The van der Waals surface area contributed by atoms with Gasteiger partial charge in [-0.3, -0.25) is 4.57 Å². The maximum Gasteiger partial charge on any atom is 0.200 e. The van der Waals surface area contributed by atoms with Crippen molar-refractivity contribution in [3.8, 4) is 17.3 Å². The Balaban J connectivity index is 1.43. The molecule has 9 heteroatoms. The summed E-state index contributed by atoms with van der Waals surface area (Å²) in [6, 6.07) is 14.1. The van der Waals surface area contributed by atoms with Gasteiger partial charge < -0.3 is 4.42 Å². The molecule has 1 aliphatic carbocycles. The van der Waals surface area contributed by atoms with Gasteiger partial charge in [0.2, 0.25) is 5.82 Å². The average Bonchev–Trinajstić information content (AvgIpc) is 3.53. The standard InChI is InChI=1S/C20H21N7OS/c1-3-8-15(9-4-1)26-19(17-12-7-13-28-17)22-23-20(26)29-14-18-21-24-25-27(18)16-10-5-2-6-11-16/h2,5-7,10-13,15H,1,3-4,8-9,14H2. The summed E-state index contributed by atoms with van der Waals surface area (Å²) in [5.41, 5.74) is 0.943. The zero-order valence-corrected chi connectivity index (χ0v) is 16.7. The van der Waals surface area contributed by atoms with Crippen LogP contribution in [-0.2, 0) is 5.75 Å². The number of nitrogens with zero attached hydrogens (tertiary/aromatic N) is 7. The molecule has 1 saturated carbocycles. The second-order valence-electron chi connectivity index (χ2n) is 7.08. The quantitative estimate of drug-likeness (QED) is 0.440. The molecule has 148 valence electrons. The van der Waals surface area contributed by atoms with Crippen molar-refractivity contribution in [2.75, 3.05) is 0 Å². The predicted octanol–water partition coefficient (Wildman–Crippen LogP) is 4.31. The number of aromatic nitrogens is 7. The molecule has 1 fully saturated rings. The van der Waals surface area contributed by atoms with E-state index >= 15 is 0 Å². The first-order valence-corrected chi connectivity index (χ1v) is 10.8. The van der Waals surface area contributed by atoms with Gasteiger partial charge in [0.1, 0.15) is 0 Å². The van der Waals surface area contributed by atoms with Crippen LogP contribution in [-0.4, -0.2) is 35.0 Å². The summed E-state index contributed by atoms with van der Waals surface area (Å²) < 4.78 is 9.64. The fourth-order valence-corrected chi connectivity index (χ4v) is 4.72. The van der Waals surface area contributed by atoms with Gasteiger partial charge in [0.05, 0.1) is 17.7 Å². The first kappa shape index (κ1) is 18.1. The lowest BCUT2D eigenvalue weighted by Gasteiger charge is -2.25. The molecular formula is C20H21N7OS. The van der Waals surface area contributed by atoms with Crippen LogP contribution in [0.3, 0.4) is 0 Å². The van der Waals surface area contributed by atoms with Gasteiger partial charge in [0.25, 0.3) is 0 Å². The Morgan fingerprint density at radius 2 is 1.83 bits per heavy atom. The van der Waals surface area contributed by atoms with E-state index in [0.29, 0.717) is 11.8 Å². The topological polar surface area (TPSA) is 87.4 Å². The smallest absolute Gasteiger partial charge is 0.200 e. The van der Waals surface area contributed by atoms with E-state index in [4.69, 9.17) is 4.42 Å². The molecule has 0 spiro atoms. The van der Waals surface area contributed by atoms with Crippen molar-refractivity contribution in [2.24, 2.45) is 0 Å². The Labute approximate surface area is 172 Å². The molecule has 1 aliphatic rings. The second-order valence-corrected chi connectivity index (χ2v) is 8.02.